The van der Waals surface area contributed by atoms with Crippen LogP contribution in [0.25, 0.3) is 10.8 Å². The Bertz CT molecular complexity index is 502. The van der Waals surface area contributed by atoms with Crippen molar-refractivity contribution in [3.63, 3.8) is 0 Å². The highest BCUT2D eigenvalue weighted by molar-refractivity contribution is 5.87. The zero-order chi connectivity index (χ0) is 12.8. The summed E-state index contributed by atoms with van der Waals surface area (Å²) in [7, 11) is 1.72. The Morgan fingerprint density at radius 3 is 2.67 bits per heavy atom. The first kappa shape index (κ1) is 12.9. The third-order valence-corrected chi connectivity index (χ3v) is 3.48. The zero-order valence-electron chi connectivity index (χ0n) is 11.4. The Kier molecular flexibility index (Phi) is 4.63. The maximum absolute atomic E-state index is 5.28. The van der Waals surface area contributed by atoms with Crippen molar-refractivity contribution in [2.24, 2.45) is 0 Å². The van der Waals surface area contributed by atoms with Gasteiger partial charge in [0.25, 0.3) is 0 Å². The molecule has 2 aromatic carbocycles. The fourth-order valence-corrected chi connectivity index (χ4v) is 2.42. The van der Waals surface area contributed by atoms with Crippen LogP contribution in [0.2, 0.25) is 0 Å². The molecule has 0 saturated carbocycles. The molecule has 0 amide bonds. The quantitative estimate of drug-likeness (QED) is 0.650. The van der Waals surface area contributed by atoms with Gasteiger partial charge in [-0.05, 0) is 41.3 Å². The molecule has 0 aliphatic carbocycles. The number of hydrogen-bond acceptors (Lipinski definition) is 1. The first-order valence-electron chi connectivity index (χ1n) is 6.91. The van der Waals surface area contributed by atoms with Crippen molar-refractivity contribution < 1.29 is 4.74 Å². The van der Waals surface area contributed by atoms with Gasteiger partial charge in [-0.2, -0.15) is 0 Å². The maximum atomic E-state index is 5.28. The predicted octanol–water partition coefficient (Wildman–Crippen LogP) is 4.97. The third kappa shape index (κ3) is 3.04. The molecular formula is C17H22O. The normalized spacial score (nSPS) is 10.8. The van der Waals surface area contributed by atoms with E-state index in [4.69, 9.17) is 4.74 Å². The van der Waals surface area contributed by atoms with Crippen LogP contribution in [-0.4, -0.2) is 7.11 Å². The Morgan fingerprint density at radius 2 is 1.89 bits per heavy atom. The van der Waals surface area contributed by atoms with Gasteiger partial charge in [-0.15, -0.1) is 0 Å². The molecule has 0 aromatic heterocycles. The van der Waals surface area contributed by atoms with E-state index in [1.165, 1.54) is 48.4 Å². The van der Waals surface area contributed by atoms with E-state index in [0.717, 1.165) is 5.75 Å². The van der Waals surface area contributed by atoms with Crippen molar-refractivity contribution in [2.75, 3.05) is 7.11 Å². The molecule has 0 atom stereocenters. The number of benzene rings is 2. The largest absolute Gasteiger partial charge is 0.497 e. The van der Waals surface area contributed by atoms with Gasteiger partial charge in [0.05, 0.1) is 7.11 Å². The van der Waals surface area contributed by atoms with E-state index in [9.17, 15) is 0 Å². The van der Waals surface area contributed by atoms with Crippen molar-refractivity contribution in [3.05, 3.63) is 42.0 Å². The van der Waals surface area contributed by atoms with E-state index in [1.54, 1.807) is 7.11 Å². The molecule has 0 aliphatic heterocycles. The molecule has 0 N–H and O–H groups in total. The summed E-state index contributed by atoms with van der Waals surface area (Å²) in [4.78, 5) is 0. The summed E-state index contributed by atoms with van der Waals surface area (Å²) in [6.07, 6.45) is 6.46. The van der Waals surface area contributed by atoms with E-state index >= 15 is 0 Å². The summed E-state index contributed by atoms with van der Waals surface area (Å²) < 4.78 is 5.28. The summed E-state index contributed by atoms with van der Waals surface area (Å²) in [6, 6.07) is 12.9. The van der Waals surface area contributed by atoms with Crippen molar-refractivity contribution in [3.8, 4) is 5.75 Å². The van der Waals surface area contributed by atoms with Crippen LogP contribution in [0.5, 0.6) is 5.75 Å². The van der Waals surface area contributed by atoms with Crippen molar-refractivity contribution in [1.29, 1.82) is 0 Å². The minimum Gasteiger partial charge on any atom is -0.497 e. The summed E-state index contributed by atoms with van der Waals surface area (Å²) in [5, 5.41) is 2.65. The van der Waals surface area contributed by atoms with E-state index in [-0.39, 0.29) is 0 Å². The first-order chi connectivity index (χ1) is 8.85. The second kappa shape index (κ2) is 6.44. The average Bonchev–Trinajstić information content (AvgIpc) is 2.43. The Morgan fingerprint density at radius 1 is 1.00 bits per heavy atom. The van der Waals surface area contributed by atoms with Gasteiger partial charge in [0, 0.05) is 0 Å². The molecule has 0 spiro atoms. The lowest BCUT2D eigenvalue weighted by atomic mass is 9.99. The molecule has 0 radical (unpaired) electrons. The molecular weight excluding hydrogens is 220 g/mol. The van der Waals surface area contributed by atoms with Gasteiger partial charge in [0.2, 0.25) is 0 Å². The number of aryl methyl sites for hydroxylation is 1. The van der Waals surface area contributed by atoms with Gasteiger partial charge in [0.15, 0.2) is 0 Å². The molecule has 0 bridgehead atoms. The van der Waals surface area contributed by atoms with Crippen LogP contribution >= 0.6 is 0 Å². The fourth-order valence-electron chi connectivity index (χ4n) is 2.42. The predicted molar refractivity (Wildman–Crippen MR) is 78.3 cm³/mol. The smallest absolute Gasteiger partial charge is 0.119 e. The Labute approximate surface area is 110 Å². The van der Waals surface area contributed by atoms with Crippen LogP contribution < -0.4 is 4.74 Å². The van der Waals surface area contributed by atoms with Crippen LogP contribution in [0.15, 0.2) is 36.4 Å². The molecule has 0 heterocycles. The minimum atomic E-state index is 0.936. The van der Waals surface area contributed by atoms with Gasteiger partial charge in [-0.1, -0.05) is 50.5 Å². The molecule has 2 aromatic rings. The second-order valence-corrected chi connectivity index (χ2v) is 4.81. The molecule has 96 valence electrons. The molecule has 0 aliphatic rings. The number of hydrogen-bond donors (Lipinski definition) is 0. The van der Waals surface area contributed by atoms with E-state index in [1.807, 2.05) is 0 Å². The lowest BCUT2D eigenvalue weighted by Gasteiger charge is -2.08. The lowest BCUT2D eigenvalue weighted by molar-refractivity contribution is 0.415. The standard InChI is InChI=1S/C17H22O/c1-3-4-5-6-8-14-9-7-10-15-13-16(18-2)11-12-17(14)15/h7,9-13H,3-6,8H2,1-2H3. The lowest BCUT2D eigenvalue weighted by Crippen LogP contribution is -1.89. The maximum Gasteiger partial charge on any atom is 0.119 e. The van der Waals surface area contributed by atoms with E-state index in [2.05, 4.69) is 43.3 Å². The van der Waals surface area contributed by atoms with Crippen LogP contribution in [0.4, 0.5) is 0 Å². The van der Waals surface area contributed by atoms with Gasteiger partial charge in [-0.25, -0.2) is 0 Å². The summed E-state index contributed by atoms with van der Waals surface area (Å²) in [5.74, 6) is 0.936. The summed E-state index contributed by atoms with van der Waals surface area (Å²) >= 11 is 0. The van der Waals surface area contributed by atoms with E-state index < -0.39 is 0 Å². The van der Waals surface area contributed by atoms with Gasteiger partial charge in [-0.3, -0.25) is 0 Å². The van der Waals surface area contributed by atoms with E-state index in [0.29, 0.717) is 0 Å². The average molecular weight is 242 g/mol. The summed E-state index contributed by atoms with van der Waals surface area (Å²) in [6.45, 7) is 2.25. The summed E-state index contributed by atoms with van der Waals surface area (Å²) in [5.41, 5.74) is 1.46. The SMILES string of the molecule is CCCCCCc1cccc2cc(OC)ccc12. The number of unbranched alkanes of at least 4 members (excludes halogenated alkanes) is 3. The van der Waals surface area contributed by atoms with Crippen LogP contribution in [0, 0.1) is 0 Å². The molecule has 0 unspecified atom stereocenters. The highest BCUT2D eigenvalue weighted by Gasteiger charge is 2.02. The monoisotopic (exact) mass is 242 g/mol. The van der Waals surface area contributed by atoms with Gasteiger partial charge < -0.3 is 4.74 Å². The molecule has 0 fully saturated rings. The van der Waals surface area contributed by atoms with Crippen molar-refractivity contribution in [1.82, 2.24) is 0 Å². The van der Waals surface area contributed by atoms with Gasteiger partial charge in [0.1, 0.15) is 5.75 Å². The van der Waals surface area contributed by atoms with Crippen molar-refractivity contribution in [2.45, 2.75) is 39.0 Å². The topological polar surface area (TPSA) is 9.23 Å². The second-order valence-electron chi connectivity index (χ2n) is 4.81. The number of fused-ring (bicyclic) bond motifs is 1. The number of rotatable bonds is 6. The Hall–Kier alpha value is -1.50. The zero-order valence-corrected chi connectivity index (χ0v) is 11.4. The van der Waals surface area contributed by atoms with Crippen molar-refractivity contribution >= 4 is 10.8 Å². The third-order valence-electron chi connectivity index (χ3n) is 3.48. The van der Waals surface area contributed by atoms with Crippen LogP contribution in [0.1, 0.15) is 38.2 Å². The fraction of sp³-hybridized carbons (Fsp3) is 0.412. The highest BCUT2D eigenvalue weighted by atomic mass is 16.5. The highest BCUT2D eigenvalue weighted by Crippen LogP contribution is 2.25. The minimum absolute atomic E-state index is 0.936. The van der Waals surface area contributed by atoms with Crippen LogP contribution in [-0.2, 0) is 6.42 Å². The molecule has 0 saturated heterocycles. The number of methoxy groups -OCH3 is 1. The molecule has 1 heteroatoms. The Balaban J connectivity index is 2.17. The molecule has 18 heavy (non-hydrogen) atoms. The first-order valence-corrected chi connectivity index (χ1v) is 6.91. The number of ether oxygens (including phenoxy) is 1. The molecule has 1 nitrogen and oxygen atoms in total. The van der Waals surface area contributed by atoms with Gasteiger partial charge >= 0.3 is 0 Å². The molecule has 2 rings (SSSR count). The van der Waals surface area contributed by atoms with Crippen LogP contribution in [0.3, 0.4) is 0 Å².